The quantitative estimate of drug-likeness (QED) is 0.681. The highest BCUT2D eigenvalue weighted by Crippen LogP contribution is 2.31. The molecule has 1 amide bonds. The zero-order valence-electron chi connectivity index (χ0n) is 15.7. The Kier molecular flexibility index (Phi) is 4.08. The molecule has 2 saturated heterocycles. The largest absolute Gasteiger partial charge is 0.391 e. The van der Waals surface area contributed by atoms with Crippen molar-refractivity contribution in [2.75, 3.05) is 29.9 Å². The van der Waals surface area contributed by atoms with Crippen molar-refractivity contribution in [1.82, 2.24) is 19.9 Å². The van der Waals surface area contributed by atoms with E-state index in [0.29, 0.717) is 29.9 Å². The van der Waals surface area contributed by atoms with E-state index < -0.39 is 0 Å². The van der Waals surface area contributed by atoms with Gasteiger partial charge in [0.15, 0.2) is 5.65 Å². The normalized spacial score (nSPS) is 23.8. The van der Waals surface area contributed by atoms with Gasteiger partial charge in [0.2, 0.25) is 0 Å². The molecule has 2 aliphatic heterocycles. The summed E-state index contributed by atoms with van der Waals surface area (Å²) >= 11 is 0. The van der Waals surface area contributed by atoms with Crippen molar-refractivity contribution in [2.24, 2.45) is 5.92 Å². The van der Waals surface area contributed by atoms with Gasteiger partial charge >= 0.3 is 0 Å². The molecule has 0 spiro atoms. The van der Waals surface area contributed by atoms with Gasteiger partial charge in [-0.1, -0.05) is 6.58 Å². The molecule has 3 fully saturated rings. The Hall–Kier alpha value is -2.87. The van der Waals surface area contributed by atoms with Crippen molar-refractivity contribution < 1.29 is 9.90 Å². The molecule has 146 valence electrons. The van der Waals surface area contributed by atoms with Gasteiger partial charge in [-0.3, -0.25) is 4.79 Å². The summed E-state index contributed by atoms with van der Waals surface area (Å²) in [6.07, 6.45) is 7.06. The number of allylic oxidation sites excluding steroid dienone is 1. The molecule has 3 N–H and O–H groups in total. The zero-order valence-corrected chi connectivity index (χ0v) is 15.7. The first-order valence-corrected chi connectivity index (χ1v) is 9.82. The van der Waals surface area contributed by atoms with Gasteiger partial charge in [-0.05, 0) is 31.3 Å². The summed E-state index contributed by atoms with van der Waals surface area (Å²) in [6.45, 7) is 6.11. The number of anilines is 2. The Bertz CT molecular complexity index is 990. The van der Waals surface area contributed by atoms with Crippen LogP contribution in [0.4, 0.5) is 11.6 Å². The molecule has 5 rings (SSSR count). The molecule has 1 aliphatic carbocycles. The first kappa shape index (κ1) is 17.2. The van der Waals surface area contributed by atoms with Gasteiger partial charge in [0.05, 0.1) is 12.3 Å². The van der Waals surface area contributed by atoms with E-state index >= 15 is 0 Å². The predicted octanol–water partition coefficient (Wildman–Crippen LogP) is 1.54. The van der Waals surface area contributed by atoms with Crippen LogP contribution in [0.25, 0.3) is 11.7 Å². The third-order valence-corrected chi connectivity index (χ3v) is 5.56. The summed E-state index contributed by atoms with van der Waals surface area (Å²) in [7, 11) is 0. The van der Waals surface area contributed by atoms with Crippen LogP contribution in [0.2, 0.25) is 0 Å². The van der Waals surface area contributed by atoms with Crippen LogP contribution in [0.3, 0.4) is 0 Å². The second kappa shape index (κ2) is 6.63. The summed E-state index contributed by atoms with van der Waals surface area (Å²) in [4.78, 5) is 19.0. The Morgan fingerprint density at radius 1 is 1.39 bits per heavy atom. The van der Waals surface area contributed by atoms with E-state index in [9.17, 15) is 9.90 Å². The minimum Gasteiger partial charge on any atom is -0.391 e. The highest BCUT2D eigenvalue weighted by molar-refractivity contribution is 6.02. The number of aliphatic hydroxyl groups is 1. The van der Waals surface area contributed by atoms with Crippen LogP contribution in [0.1, 0.15) is 31.2 Å². The average Bonchev–Trinajstić information content (AvgIpc) is 3.11. The Labute approximate surface area is 162 Å². The van der Waals surface area contributed by atoms with Crippen LogP contribution >= 0.6 is 0 Å². The number of nitrogens with one attached hydrogen (secondary N) is 2. The first-order chi connectivity index (χ1) is 13.6. The molecular formula is C20H24N6O2. The maximum atomic E-state index is 12.1. The summed E-state index contributed by atoms with van der Waals surface area (Å²) < 4.78 is 1.80. The molecule has 3 aliphatic rings. The van der Waals surface area contributed by atoms with Gasteiger partial charge in [0.1, 0.15) is 11.6 Å². The summed E-state index contributed by atoms with van der Waals surface area (Å²) in [5.41, 5.74) is 2.88. The minimum atomic E-state index is -0.319. The maximum Gasteiger partial charge on any atom is 0.251 e. The molecule has 0 unspecified atom stereocenters. The maximum absolute atomic E-state index is 12.1. The number of amides is 1. The fourth-order valence-electron chi connectivity index (χ4n) is 3.78. The molecule has 8 nitrogen and oxygen atoms in total. The number of hydrogen-bond donors (Lipinski definition) is 3. The van der Waals surface area contributed by atoms with Crippen molar-refractivity contribution in [2.45, 2.75) is 31.8 Å². The van der Waals surface area contributed by atoms with Gasteiger partial charge < -0.3 is 20.6 Å². The van der Waals surface area contributed by atoms with Crippen molar-refractivity contribution in [3.05, 3.63) is 35.7 Å². The summed E-state index contributed by atoms with van der Waals surface area (Å²) in [6, 6.07) is 2.00. The minimum absolute atomic E-state index is 0.116. The Morgan fingerprint density at radius 3 is 2.93 bits per heavy atom. The van der Waals surface area contributed by atoms with E-state index in [1.165, 1.54) is 12.8 Å². The third kappa shape index (κ3) is 3.24. The number of rotatable bonds is 5. The smallest absolute Gasteiger partial charge is 0.251 e. The van der Waals surface area contributed by atoms with E-state index in [0.717, 1.165) is 42.6 Å². The zero-order chi connectivity index (χ0) is 19.3. The van der Waals surface area contributed by atoms with E-state index in [1.807, 2.05) is 12.1 Å². The van der Waals surface area contributed by atoms with Crippen molar-refractivity contribution in [3.63, 3.8) is 0 Å². The van der Waals surface area contributed by atoms with E-state index in [1.54, 1.807) is 10.7 Å². The van der Waals surface area contributed by atoms with Crippen LogP contribution in [-0.4, -0.2) is 51.4 Å². The van der Waals surface area contributed by atoms with Gasteiger partial charge in [0, 0.05) is 49.0 Å². The van der Waals surface area contributed by atoms with Gasteiger partial charge in [-0.15, -0.1) is 0 Å². The van der Waals surface area contributed by atoms with Crippen LogP contribution in [0.5, 0.6) is 0 Å². The number of carbonyl (C=O) groups is 1. The molecule has 0 aromatic carbocycles. The lowest BCUT2D eigenvalue weighted by Gasteiger charge is -2.18. The Balaban J connectivity index is 1.55. The lowest BCUT2D eigenvalue weighted by Crippen LogP contribution is -2.23. The first-order valence-electron chi connectivity index (χ1n) is 9.82. The lowest BCUT2D eigenvalue weighted by molar-refractivity contribution is -0.115. The molecule has 1 saturated carbocycles. The standard InChI is InChI=1S/C20H24N6O2/c1-12-6-14(20(28)23-12)7-15-10-22-26-17(21-9-13-2-3-13)8-18(24-19(15)26)25-5-4-16(27)11-25/h7-8,10,13,16,21,27H,1-6,9,11H2,(H,23,28)/b14-7+/t16-/m0/s1. The van der Waals surface area contributed by atoms with Crippen molar-refractivity contribution in [1.29, 1.82) is 0 Å². The molecule has 0 radical (unpaired) electrons. The molecule has 1 atom stereocenters. The number of carbonyl (C=O) groups excluding carboxylic acids is 1. The number of aromatic nitrogens is 3. The van der Waals surface area contributed by atoms with Gasteiger partial charge in [0.25, 0.3) is 5.91 Å². The SMILES string of the molecule is C=C1C/C(=C\c2cnn3c(NCC4CC4)cc(N4CC[C@H](O)C4)nc23)C(=O)N1. The summed E-state index contributed by atoms with van der Waals surface area (Å²) in [5, 5.41) is 20.7. The third-order valence-electron chi connectivity index (χ3n) is 5.56. The highest BCUT2D eigenvalue weighted by Gasteiger charge is 2.25. The molecule has 0 bridgehead atoms. The van der Waals surface area contributed by atoms with Gasteiger partial charge in [-0.2, -0.15) is 9.61 Å². The molecule has 28 heavy (non-hydrogen) atoms. The molecule has 8 heteroatoms. The average molecular weight is 380 g/mol. The second-order valence-electron chi connectivity index (χ2n) is 7.95. The fourth-order valence-corrected chi connectivity index (χ4v) is 3.78. The highest BCUT2D eigenvalue weighted by atomic mass is 16.3. The monoisotopic (exact) mass is 380 g/mol. The number of β-amino-alcohol motifs (C(OH)–C–C–N with tert-alkyl or cyclic N) is 1. The van der Waals surface area contributed by atoms with E-state index in [4.69, 9.17) is 4.98 Å². The van der Waals surface area contributed by atoms with Crippen LogP contribution in [-0.2, 0) is 4.79 Å². The molecule has 2 aromatic heterocycles. The molecule has 4 heterocycles. The predicted molar refractivity (Wildman–Crippen MR) is 107 cm³/mol. The molecular weight excluding hydrogens is 356 g/mol. The number of aliphatic hydroxyl groups excluding tert-OH is 1. The van der Waals surface area contributed by atoms with E-state index in [2.05, 4.69) is 27.2 Å². The van der Waals surface area contributed by atoms with Crippen LogP contribution in [0.15, 0.2) is 30.1 Å². The number of nitrogens with zero attached hydrogens (tertiary/aromatic N) is 4. The van der Waals surface area contributed by atoms with Crippen molar-refractivity contribution in [3.8, 4) is 0 Å². The van der Waals surface area contributed by atoms with Crippen molar-refractivity contribution >= 4 is 29.3 Å². The lowest BCUT2D eigenvalue weighted by atomic mass is 10.1. The van der Waals surface area contributed by atoms with E-state index in [-0.39, 0.29) is 12.0 Å². The number of hydrogen-bond acceptors (Lipinski definition) is 6. The summed E-state index contributed by atoms with van der Waals surface area (Å²) in [5.74, 6) is 2.32. The number of fused-ring (bicyclic) bond motifs is 1. The van der Waals surface area contributed by atoms with Crippen LogP contribution in [0, 0.1) is 5.92 Å². The Morgan fingerprint density at radius 2 is 2.25 bits per heavy atom. The fraction of sp³-hybridized carbons (Fsp3) is 0.450. The topological polar surface area (TPSA) is 94.8 Å². The van der Waals surface area contributed by atoms with Crippen LogP contribution < -0.4 is 15.5 Å². The second-order valence-corrected chi connectivity index (χ2v) is 7.95. The molecule has 2 aromatic rings. The van der Waals surface area contributed by atoms with Gasteiger partial charge in [-0.25, -0.2) is 4.98 Å².